The van der Waals surface area contributed by atoms with Crippen LogP contribution in [0.1, 0.15) is 29.3 Å². The van der Waals surface area contributed by atoms with Crippen molar-refractivity contribution >= 4 is 24.0 Å². The molecule has 0 fully saturated rings. The summed E-state index contributed by atoms with van der Waals surface area (Å²) in [6, 6.07) is 4.02. The van der Waals surface area contributed by atoms with Gasteiger partial charge in [-0.1, -0.05) is 12.2 Å². The van der Waals surface area contributed by atoms with Gasteiger partial charge in [-0.15, -0.1) is 0 Å². The molecule has 0 spiro atoms. The summed E-state index contributed by atoms with van der Waals surface area (Å²) in [6.45, 7) is 2.01. The van der Waals surface area contributed by atoms with Gasteiger partial charge in [-0.3, -0.25) is 19.7 Å². The fourth-order valence-corrected chi connectivity index (χ4v) is 1.44. The number of nitro groups is 1. The van der Waals surface area contributed by atoms with Crippen LogP contribution in [0.15, 0.2) is 24.3 Å². The van der Waals surface area contributed by atoms with E-state index in [9.17, 15) is 19.7 Å². The maximum Gasteiger partial charge on any atom is 0.309 e. The van der Waals surface area contributed by atoms with Crippen molar-refractivity contribution in [3.8, 4) is 0 Å². The Bertz CT molecular complexity index is 522. The topological polar surface area (TPSA) is 86.5 Å². The number of non-ortho nitro benzene ring substituents is 1. The van der Waals surface area contributed by atoms with Crippen LogP contribution in [0.4, 0.5) is 5.69 Å². The van der Waals surface area contributed by atoms with E-state index in [2.05, 4.69) is 0 Å². The lowest BCUT2D eigenvalue weighted by atomic mass is 10.1. The molecule has 0 radical (unpaired) electrons. The lowest BCUT2D eigenvalue weighted by Gasteiger charge is -1.98. The minimum atomic E-state index is -0.574. The molecule has 1 aromatic rings. The number of hydrogen-bond acceptors (Lipinski definition) is 5. The molecule has 0 aliphatic carbocycles. The molecule has 0 amide bonds. The molecule has 0 bridgehead atoms. The van der Waals surface area contributed by atoms with Crippen molar-refractivity contribution < 1.29 is 19.2 Å². The van der Waals surface area contributed by atoms with Crippen LogP contribution in [0, 0.1) is 10.1 Å². The van der Waals surface area contributed by atoms with Crippen LogP contribution in [0.5, 0.6) is 0 Å². The molecule has 6 heteroatoms. The van der Waals surface area contributed by atoms with E-state index in [0.29, 0.717) is 18.5 Å². The molecular weight excluding hydrogens is 250 g/mol. The van der Waals surface area contributed by atoms with Crippen LogP contribution in [0.25, 0.3) is 6.08 Å². The van der Waals surface area contributed by atoms with Crippen molar-refractivity contribution in [1.82, 2.24) is 0 Å². The van der Waals surface area contributed by atoms with Gasteiger partial charge in [0.15, 0.2) is 0 Å². The Morgan fingerprint density at radius 1 is 1.37 bits per heavy atom. The normalized spacial score (nSPS) is 10.4. The Hall–Kier alpha value is -2.50. The first-order valence-electron chi connectivity index (χ1n) is 5.63. The first kappa shape index (κ1) is 14.6. The zero-order chi connectivity index (χ0) is 14.3. The summed E-state index contributed by atoms with van der Waals surface area (Å²) < 4.78 is 4.73. The maximum atomic E-state index is 11.1. The second kappa shape index (κ2) is 7.05. The van der Waals surface area contributed by atoms with Crippen molar-refractivity contribution in [3.05, 3.63) is 45.5 Å². The van der Waals surface area contributed by atoms with Gasteiger partial charge in [-0.25, -0.2) is 0 Å². The molecule has 1 rings (SSSR count). The highest BCUT2D eigenvalue weighted by Gasteiger charge is 2.08. The highest BCUT2D eigenvalue weighted by Crippen LogP contribution is 2.17. The Labute approximate surface area is 109 Å². The van der Waals surface area contributed by atoms with E-state index in [-0.39, 0.29) is 23.6 Å². The van der Waals surface area contributed by atoms with E-state index < -0.39 is 4.92 Å². The van der Waals surface area contributed by atoms with Crippen molar-refractivity contribution in [2.24, 2.45) is 0 Å². The van der Waals surface area contributed by atoms with Gasteiger partial charge < -0.3 is 4.74 Å². The number of esters is 1. The van der Waals surface area contributed by atoms with Gasteiger partial charge in [-0.2, -0.15) is 0 Å². The van der Waals surface area contributed by atoms with Crippen molar-refractivity contribution in [3.63, 3.8) is 0 Å². The van der Waals surface area contributed by atoms with Gasteiger partial charge in [0.1, 0.15) is 6.29 Å². The van der Waals surface area contributed by atoms with Crippen LogP contribution in [0.2, 0.25) is 0 Å². The monoisotopic (exact) mass is 263 g/mol. The van der Waals surface area contributed by atoms with Gasteiger partial charge in [0.25, 0.3) is 5.69 Å². The van der Waals surface area contributed by atoms with Crippen molar-refractivity contribution in [2.45, 2.75) is 13.3 Å². The lowest BCUT2D eigenvalue weighted by molar-refractivity contribution is -0.384. The molecule has 19 heavy (non-hydrogen) atoms. The van der Waals surface area contributed by atoms with Gasteiger partial charge in [0.05, 0.1) is 18.0 Å². The summed E-state index contributed by atoms with van der Waals surface area (Å²) in [4.78, 5) is 31.9. The molecule has 0 unspecified atom stereocenters. The number of carbonyl (C=O) groups is 2. The smallest absolute Gasteiger partial charge is 0.309 e. The number of nitrogens with zero attached hydrogens (tertiary/aromatic N) is 1. The van der Waals surface area contributed by atoms with Gasteiger partial charge in [0.2, 0.25) is 0 Å². The first-order chi connectivity index (χ1) is 9.06. The minimum absolute atomic E-state index is 0.0763. The summed E-state index contributed by atoms with van der Waals surface area (Å²) in [5.41, 5.74) is 0.533. The molecule has 100 valence electrons. The van der Waals surface area contributed by atoms with Crippen LogP contribution in [-0.4, -0.2) is 23.8 Å². The summed E-state index contributed by atoms with van der Waals surface area (Å²) in [6.07, 6.45) is 3.69. The molecule has 0 aromatic heterocycles. The van der Waals surface area contributed by atoms with Crippen molar-refractivity contribution in [2.75, 3.05) is 6.61 Å². The molecule has 0 aliphatic heterocycles. The van der Waals surface area contributed by atoms with Crippen LogP contribution >= 0.6 is 0 Å². The van der Waals surface area contributed by atoms with E-state index in [1.54, 1.807) is 6.92 Å². The van der Waals surface area contributed by atoms with Crippen LogP contribution in [-0.2, 0) is 9.53 Å². The largest absolute Gasteiger partial charge is 0.466 e. The van der Waals surface area contributed by atoms with Crippen LogP contribution < -0.4 is 0 Å². The van der Waals surface area contributed by atoms with E-state index >= 15 is 0 Å². The third-order valence-corrected chi connectivity index (χ3v) is 2.21. The molecule has 6 nitrogen and oxygen atoms in total. The number of hydrogen-bond donors (Lipinski definition) is 0. The van der Waals surface area contributed by atoms with Gasteiger partial charge in [-0.05, 0) is 18.6 Å². The second-order valence-electron chi connectivity index (χ2n) is 3.64. The number of aldehydes is 1. The third-order valence-electron chi connectivity index (χ3n) is 2.21. The number of rotatable bonds is 6. The predicted octanol–water partition coefficient (Wildman–Crippen LogP) is 2.37. The standard InChI is InChI=1S/C13H13NO5/c1-2-19-13(16)5-3-4-10-6-11(9-15)8-12(7-10)14(17)18/h3-4,6-9H,2,5H2,1H3. The number of nitro benzene ring substituents is 1. The molecule has 1 aromatic carbocycles. The molecule has 0 aliphatic rings. The number of benzene rings is 1. The summed E-state index contributed by atoms with van der Waals surface area (Å²) >= 11 is 0. The molecule has 0 N–H and O–H groups in total. The molecule has 0 heterocycles. The van der Waals surface area contributed by atoms with Crippen molar-refractivity contribution in [1.29, 1.82) is 0 Å². The lowest BCUT2D eigenvalue weighted by Crippen LogP contribution is -2.01. The molecule has 0 atom stereocenters. The Kier molecular flexibility index (Phi) is 5.40. The van der Waals surface area contributed by atoms with Crippen LogP contribution in [0.3, 0.4) is 0 Å². The maximum absolute atomic E-state index is 11.1. The number of ether oxygens (including phenoxy) is 1. The third kappa shape index (κ3) is 4.71. The van der Waals surface area contributed by atoms with Gasteiger partial charge in [0, 0.05) is 17.7 Å². The predicted molar refractivity (Wildman–Crippen MR) is 68.8 cm³/mol. The Morgan fingerprint density at radius 2 is 2.05 bits per heavy atom. The fourth-order valence-electron chi connectivity index (χ4n) is 1.44. The van der Waals surface area contributed by atoms with Gasteiger partial charge >= 0.3 is 5.97 Å². The molecule has 0 saturated heterocycles. The van der Waals surface area contributed by atoms with E-state index in [1.807, 2.05) is 0 Å². The SMILES string of the molecule is CCOC(=O)CC=Cc1cc(C=O)cc([N+](=O)[O-])c1. The highest BCUT2D eigenvalue weighted by molar-refractivity contribution is 5.78. The minimum Gasteiger partial charge on any atom is -0.466 e. The highest BCUT2D eigenvalue weighted by atomic mass is 16.6. The zero-order valence-corrected chi connectivity index (χ0v) is 10.4. The Balaban J connectivity index is 2.85. The summed E-state index contributed by atoms with van der Waals surface area (Å²) in [5.74, 6) is -0.375. The first-order valence-corrected chi connectivity index (χ1v) is 5.63. The van der Waals surface area contributed by atoms with E-state index in [4.69, 9.17) is 4.74 Å². The zero-order valence-electron chi connectivity index (χ0n) is 10.4. The summed E-state index contributed by atoms with van der Waals surface area (Å²) in [7, 11) is 0. The Morgan fingerprint density at radius 3 is 2.63 bits per heavy atom. The average Bonchev–Trinajstić information content (AvgIpc) is 2.38. The molecule has 0 saturated carbocycles. The average molecular weight is 263 g/mol. The fraction of sp³-hybridized carbons (Fsp3) is 0.231. The second-order valence-corrected chi connectivity index (χ2v) is 3.64. The molecular formula is C13H13NO5. The van der Waals surface area contributed by atoms with E-state index in [1.165, 1.54) is 30.4 Å². The number of carbonyl (C=O) groups excluding carboxylic acids is 2. The quantitative estimate of drug-likeness (QED) is 0.340. The summed E-state index contributed by atoms with van der Waals surface area (Å²) in [5, 5.41) is 10.7. The van der Waals surface area contributed by atoms with E-state index in [0.717, 1.165) is 0 Å².